The molecule has 0 amide bonds. The number of halogens is 1. The van der Waals surface area contributed by atoms with Crippen LogP contribution >= 0.6 is 15.9 Å². The summed E-state index contributed by atoms with van der Waals surface area (Å²) < 4.78 is 7.10. The first-order valence-corrected chi connectivity index (χ1v) is 4.73. The van der Waals surface area contributed by atoms with Gasteiger partial charge in [-0.25, -0.2) is 9.78 Å². The summed E-state index contributed by atoms with van der Waals surface area (Å²) >= 11 is 3.25. The van der Waals surface area contributed by atoms with E-state index in [1.165, 1.54) is 7.11 Å². The van der Waals surface area contributed by atoms with E-state index in [1.54, 1.807) is 22.7 Å². The number of methoxy groups -OCH3 is 1. The number of rotatable bonds is 1. The summed E-state index contributed by atoms with van der Waals surface area (Å²) in [6, 6.07) is 3.45. The van der Waals surface area contributed by atoms with E-state index >= 15 is 0 Å². The van der Waals surface area contributed by atoms with E-state index in [9.17, 15) is 4.79 Å². The Balaban J connectivity index is 2.70. The third-order valence-electron chi connectivity index (χ3n) is 1.86. The maximum atomic E-state index is 11.3. The number of ether oxygens (including phenoxy) is 1. The molecular formula is C9H7BrN2O2. The topological polar surface area (TPSA) is 43.6 Å². The summed E-state index contributed by atoms with van der Waals surface area (Å²) in [6.07, 6.45) is 3.60. The molecule has 5 heteroatoms. The molecule has 14 heavy (non-hydrogen) atoms. The number of carbonyl (C=O) groups excluding carboxylic acids is 1. The lowest BCUT2D eigenvalue weighted by Crippen LogP contribution is -2.03. The minimum absolute atomic E-state index is 0.381. The predicted octanol–water partition coefficient (Wildman–Crippen LogP) is 1.88. The molecule has 0 radical (unpaired) electrons. The zero-order chi connectivity index (χ0) is 10.1. The van der Waals surface area contributed by atoms with Gasteiger partial charge in [0.25, 0.3) is 0 Å². The zero-order valence-corrected chi connectivity index (χ0v) is 8.98. The molecule has 0 aliphatic heterocycles. The van der Waals surface area contributed by atoms with Crippen molar-refractivity contribution in [2.75, 3.05) is 7.11 Å². The normalized spacial score (nSPS) is 10.4. The first kappa shape index (κ1) is 9.21. The lowest BCUT2D eigenvalue weighted by molar-refractivity contribution is 0.0602. The minimum atomic E-state index is -0.381. The second-order valence-electron chi connectivity index (χ2n) is 2.71. The highest BCUT2D eigenvalue weighted by Gasteiger charge is 2.12. The molecule has 0 spiro atoms. The number of carbonyl (C=O) groups is 1. The van der Waals surface area contributed by atoms with E-state index in [2.05, 4.69) is 25.7 Å². The van der Waals surface area contributed by atoms with Crippen molar-refractivity contribution in [1.29, 1.82) is 0 Å². The number of nitrogens with zero attached hydrogens (tertiary/aromatic N) is 2. The molecule has 0 bridgehead atoms. The SMILES string of the molecule is COC(=O)c1cccn2cc(Br)nc12. The molecule has 0 aliphatic carbocycles. The second kappa shape index (κ2) is 3.42. The molecule has 2 heterocycles. The van der Waals surface area contributed by atoms with Crippen LogP contribution in [0.15, 0.2) is 29.1 Å². The number of aromatic nitrogens is 2. The number of esters is 1. The van der Waals surface area contributed by atoms with Gasteiger partial charge in [-0.15, -0.1) is 0 Å². The van der Waals surface area contributed by atoms with E-state index in [0.717, 1.165) is 0 Å². The molecular weight excluding hydrogens is 248 g/mol. The van der Waals surface area contributed by atoms with Gasteiger partial charge in [0.1, 0.15) is 10.2 Å². The minimum Gasteiger partial charge on any atom is -0.465 e. The Morgan fingerprint density at radius 1 is 1.64 bits per heavy atom. The van der Waals surface area contributed by atoms with Crippen LogP contribution in [0.2, 0.25) is 0 Å². The fourth-order valence-electron chi connectivity index (χ4n) is 1.25. The third-order valence-corrected chi connectivity index (χ3v) is 2.24. The zero-order valence-electron chi connectivity index (χ0n) is 7.40. The van der Waals surface area contributed by atoms with Crippen molar-refractivity contribution in [2.24, 2.45) is 0 Å². The first-order valence-electron chi connectivity index (χ1n) is 3.94. The Morgan fingerprint density at radius 2 is 2.43 bits per heavy atom. The van der Waals surface area contributed by atoms with Crippen molar-refractivity contribution in [3.8, 4) is 0 Å². The van der Waals surface area contributed by atoms with Crippen LogP contribution in [0.4, 0.5) is 0 Å². The highest BCUT2D eigenvalue weighted by atomic mass is 79.9. The van der Waals surface area contributed by atoms with Gasteiger partial charge in [-0.3, -0.25) is 0 Å². The van der Waals surface area contributed by atoms with Crippen LogP contribution < -0.4 is 0 Å². The van der Waals surface area contributed by atoms with E-state index in [4.69, 9.17) is 0 Å². The van der Waals surface area contributed by atoms with Crippen LogP contribution in [-0.4, -0.2) is 22.5 Å². The van der Waals surface area contributed by atoms with Crippen LogP contribution in [0.5, 0.6) is 0 Å². The maximum absolute atomic E-state index is 11.3. The number of imidazole rings is 1. The lowest BCUT2D eigenvalue weighted by Gasteiger charge is -2.00. The Hall–Kier alpha value is -1.36. The van der Waals surface area contributed by atoms with Crippen LogP contribution in [0.1, 0.15) is 10.4 Å². The number of pyridine rings is 1. The monoisotopic (exact) mass is 254 g/mol. The Kier molecular flexibility index (Phi) is 2.25. The molecule has 0 saturated carbocycles. The van der Waals surface area contributed by atoms with Crippen molar-refractivity contribution in [2.45, 2.75) is 0 Å². The quantitative estimate of drug-likeness (QED) is 0.731. The van der Waals surface area contributed by atoms with E-state index < -0.39 is 0 Å². The van der Waals surface area contributed by atoms with Gasteiger partial charge in [0, 0.05) is 12.4 Å². The van der Waals surface area contributed by atoms with Gasteiger partial charge in [-0.1, -0.05) is 0 Å². The van der Waals surface area contributed by atoms with Crippen molar-refractivity contribution in [3.63, 3.8) is 0 Å². The first-order chi connectivity index (χ1) is 6.72. The summed E-state index contributed by atoms with van der Waals surface area (Å²) in [5.74, 6) is -0.381. The van der Waals surface area contributed by atoms with Crippen LogP contribution in [-0.2, 0) is 4.74 Å². The van der Waals surface area contributed by atoms with Gasteiger partial charge in [0.2, 0.25) is 0 Å². The van der Waals surface area contributed by atoms with Gasteiger partial charge in [0.15, 0.2) is 5.65 Å². The molecule has 0 unspecified atom stereocenters. The predicted molar refractivity (Wildman–Crippen MR) is 54.2 cm³/mol. The van der Waals surface area contributed by atoms with Crippen molar-refractivity contribution < 1.29 is 9.53 Å². The smallest absolute Gasteiger partial charge is 0.341 e. The molecule has 0 N–H and O–H groups in total. The Morgan fingerprint density at radius 3 is 3.14 bits per heavy atom. The summed E-state index contributed by atoms with van der Waals surface area (Å²) in [5, 5.41) is 0. The van der Waals surface area contributed by atoms with Gasteiger partial charge in [0.05, 0.1) is 7.11 Å². The highest BCUT2D eigenvalue weighted by Crippen LogP contribution is 2.15. The Bertz CT molecular complexity index is 493. The van der Waals surface area contributed by atoms with Gasteiger partial charge in [-0.2, -0.15) is 0 Å². The fourth-order valence-corrected chi connectivity index (χ4v) is 1.64. The number of hydrogen-bond acceptors (Lipinski definition) is 3. The van der Waals surface area contributed by atoms with E-state index in [1.807, 2.05) is 6.20 Å². The largest absolute Gasteiger partial charge is 0.465 e. The van der Waals surface area contributed by atoms with Crippen molar-refractivity contribution in [3.05, 3.63) is 34.7 Å². The number of fused-ring (bicyclic) bond motifs is 1. The van der Waals surface area contributed by atoms with Gasteiger partial charge >= 0.3 is 5.97 Å². The summed E-state index contributed by atoms with van der Waals surface area (Å²) in [6.45, 7) is 0. The molecule has 4 nitrogen and oxygen atoms in total. The standard InChI is InChI=1S/C9H7BrN2O2/c1-14-9(13)6-3-2-4-12-5-7(10)11-8(6)12/h2-5H,1H3. The molecule has 72 valence electrons. The van der Waals surface area contributed by atoms with Crippen molar-refractivity contribution >= 4 is 27.5 Å². The number of hydrogen-bond donors (Lipinski definition) is 0. The highest BCUT2D eigenvalue weighted by molar-refractivity contribution is 9.10. The average molecular weight is 255 g/mol. The Labute approximate surface area is 88.6 Å². The fraction of sp³-hybridized carbons (Fsp3) is 0.111. The third kappa shape index (κ3) is 1.39. The molecule has 2 aromatic rings. The maximum Gasteiger partial charge on any atom is 0.341 e. The lowest BCUT2D eigenvalue weighted by atomic mass is 10.3. The molecule has 0 atom stereocenters. The summed E-state index contributed by atoms with van der Waals surface area (Å²) in [5.41, 5.74) is 1.05. The van der Waals surface area contributed by atoms with Gasteiger partial charge in [-0.05, 0) is 28.1 Å². The van der Waals surface area contributed by atoms with Crippen LogP contribution in [0.3, 0.4) is 0 Å². The second-order valence-corrected chi connectivity index (χ2v) is 3.52. The molecule has 2 aromatic heterocycles. The van der Waals surface area contributed by atoms with Crippen molar-refractivity contribution in [1.82, 2.24) is 9.38 Å². The van der Waals surface area contributed by atoms with E-state index in [0.29, 0.717) is 15.8 Å². The van der Waals surface area contributed by atoms with Gasteiger partial charge < -0.3 is 9.14 Å². The summed E-state index contributed by atoms with van der Waals surface area (Å²) in [7, 11) is 1.35. The average Bonchev–Trinajstić information content (AvgIpc) is 2.56. The van der Waals surface area contributed by atoms with E-state index in [-0.39, 0.29) is 5.97 Å². The molecule has 2 rings (SSSR count). The molecule has 0 fully saturated rings. The molecule has 0 aromatic carbocycles. The summed E-state index contributed by atoms with van der Waals surface area (Å²) in [4.78, 5) is 15.5. The molecule has 0 aliphatic rings. The molecule has 0 saturated heterocycles. The van der Waals surface area contributed by atoms with Crippen LogP contribution in [0.25, 0.3) is 5.65 Å². The van der Waals surface area contributed by atoms with Crippen LogP contribution in [0, 0.1) is 0 Å².